The molecule has 1 aromatic heterocycles. The molecule has 38 heavy (non-hydrogen) atoms. The second kappa shape index (κ2) is 8.50. The van der Waals surface area contributed by atoms with Crippen LogP contribution in [0.15, 0.2) is 53.3 Å². The van der Waals surface area contributed by atoms with Crippen LogP contribution < -0.4 is 26.4 Å². The Bertz CT molecular complexity index is 1410. The van der Waals surface area contributed by atoms with Crippen LogP contribution in [0.4, 0.5) is 5.69 Å². The summed E-state index contributed by atoms with van der Waals surface area (Å²) in [7, 11) is 0. The van der Waals surface area contributed by atoms with Crippen molar-refractivity contribution in [1.29, 1.82) is 0 Å². The first-order valence-corrected chi connectivity index (χ1v) is 13.3. The molecule has 1 saturated carbocycles. The quantitative estimate of drug-likeness (QED) is 0.461. The van der Waals surface area contributed by atoms with E-state index in [1.165, 1.54) is 18.5 Å². The molecule has 3 fully saturated rings. The number of hydrazine groups is 2. The minimum Gasteiger partial charge on any atom is -0.489 e. The Hall–Kier alpha value is -4.03. The molecule has 0 unspecified atom stereocenters. The molecule has 6 aliphatic rings. The van der Waals surface area contributed by atoms with E-state index in [0.717, 1.165) is 42.4 Å². The lowest BCUT2D eigenvalue weighted by Gasteiger charge is -2.35. The van der Waals surface area contributed by atoms with Crippen LogP contribution in [0.5, 0.6) is 5.75 Å². The van der Waals surface area contributed by atoms with Crippen LogP contribution >= 0.6 is 0 Å². The molecule has 8 rings (SSSR count). The molecular weight excluding hydrogens is 486 g/mol. The average molecular weight is 516 g/mol. The molecule has 196 valence electrons. The van der Waals surface area contributed by atoms with Crippen molar-refractivity contribution >= 4 is 23.1 Å². The average Bonchev–Trinajstić information content (AvgIpc) is 3.30. The summed E-state index contributed by atoms with van der Waals surface area (Å²) in [5, 5.41) is 12.7. The fourth-order valence-corrected chi connectivity index (χ4v) is 5.96. The van der Waals surface area contributed by atoms with Gasteiger partial charge in [0.15, 0.2) is 11.6 Å². The van der Waals surface area contributed by atoms with Crippen molar-refractivity contribution in [2.45, 2.75) is 37.3 Å². The molecule has 1 amide bonds. The van der Waals surface area contributed by atoms with E-state index in [9.17, 15) is 4.79 Å². The van der Waals surface area contributed by atoms with Gasteiger partial charge in [0.05, 0.1) is 66.5 Å². The number of dihydropyridines is 1. The Morgan fingerprint density at radius 1 is 1.24 bits per heavy atom. The molecule has 1 aromatic carbocycles. The number of hydrogen-bond donors (Lipinski definition) is 4. The zero-order chi connectivity index (χ0) is 25.2. The van der Waals surface area contributed by atoms with Crippen molar-refractivity contribution in [3.8, 4) is 5.75 Å². The molecular formula is C26H29N9O3. The molecule has 12 heteroatoms. The first-order valence-electron chi connectivity index (χ1n) is 13.3. The normalized spacial score (nSPS) is 25.6. The first-order chi connectivity index (χ1) is 18.7. The van der Waals surface area contributed by atoms with Crippen LogP contribution in [-0.4, -0.2) is 76.2 Å². The number of allylic oxidation sites excluding steroid dienone is 2. The summed E-state index contributed by atoms with van der Waals surface area (Å²) in [6.07, 6.45) is 9.67. The Labute approximate surface area is 219 Å². The van der Waals surface area contributed by atoms with E-state index in [1.807, 2.05) is 35.6 Å². The summed E-state index contributed by atoms with van der Waals surface area (Å²) in [6, 6.07) is 6.06. The number of aromatic nitrogens is 2. The van der Waals surface area contributed by atoms with E-state index in [2.05, 4.69) is 47.5 Å². The predicted octanol–water partition coefficient (Wildman–Crippen LogP) is 0.907. The number of nitrogens with one attached hydrogen (secondary N) is 4. The summed E-state index contributed by atoms with van der Waals surface area (Å²) in [5.74, 6) is 1.67. The Balaban J connectivity index is 1.12. The van der Waals surface area contributed by atoms with Crippen molar-refractivity contribution < 1.29 is 14.3 Å². The topological polar surface area (TPSA) is 120 Å². The van der Waals surface area contributed by atoms with Crippen LogP contribution in [0.3, 0.4) is 0 Å². The lowest BCUT2D eigenvalue weighted by molar-refractivity contribution is -0.113. The monoisotopic (exact) mass is 515 g/mol. The largest absolute Gasteiger partial charge is 0.489 e. The maximum absolute atomic E-state index is 13.6. The lowest BCUT2D eigenvalue weighted by Crippen LogP contribution is -2.42. The van der Waals surface area contributed by atoms with Gasteiger partial charge in [0, 0.05) is 18.7 Å². The molecule has 0 radical (unpaired) electrons. The van der Waals surface area contributed by atoms with Gasteiger partial charge in [-0.05, 0) is 37.5 Å². The zero-order valence-electron chi connectivity index (χ0n) is 20.8. The molecule has 5 aliphatic heterocycles. The summed E-state index contributed by atoms with van der Waals surface area (Å²) in [5.41, 5.74) is 11.0. The zero-order valence-corrected chi connectivity index (χ0v) is 20.8. The molecule has 12 nitrogen and oxygen atoms in total. The number of likely N-dealkylation sites (tertiary alicyclic amines) is 1. The van der Waals surface area contributed by atoms with Gasteiger partial charge in [-0.15, -0.1) is 10.6 Å². The number of carbonyl (C=O) groups excluding carboxylic acids is 1. The van der Waals surface area contributed by atoms with Gasteiger partial charge in [-0.25, -0.2) is 10.5 Å². The molecule has 0 spiro atoms. The third kappa shape index (κ3) is 3.63. The van der Waals surface area contributed by atoms with Gasteiger partial charge in [-0.1, -0.05) is 6.07 Å². The Morgan fingerprint density at radius 2 is 2.18 bits per heavy atom. The van der Waals surface area contributed by atoms with E-state index in [4.69, 9.17) is 9.47 Å². The number of benzene rings is 1. The number of ether oxygens (including phenoxy) is 2. The van der Waals surface area contributed by atoms with Crippen LogP contribution in [0.2, 0.25) is 0 Å². The van der Waals surface area contributed by atoms with Gasteiger partial charge in [0.1, 0.15) is 12.3 Å². The van der Waals surface area contributed by atoms with Crippen molar-refractivity contribution in [2.75, 3.05) is 38.2 Å². The molecule has 4 N–H and O–H groups in total. The maximum atomic E-state index is 13.6. The van der Waals surface area contributed by atoms with Crippen molar-refractivity contribution in [3.63, 3.8) is 0 Å². The van der Waals surface area contributed by atoms with E-state index in [0.29, 0.717) is 48.8 Å². The number of hydrogen-bond acceptors (Lipinski definition) is 10. The summed E-state index contributed by atoms with van der Waals surface area (Å²) in [6.45, 7) is 3.26. The number of morpholine rings is 1. The number of rotatable bonds is 5. The second-order valence-electron chi connectivity index (χ2n) is 10.5. The number of hydrazone groups is 1. The van der Waals surface area contributed by atoms with E-state index < -0.39 is 0 Å². The summed E-state index contributed by atoms with van der Waals surface area (Å²) >= 11 is 0. The summed E-state index contributed by atoms with van der Waals surface area (Å²) < 4.78 is 14.0. The minimum absolute atomic E-state index is 0.224. The van der Waals surface area contributed by atoms with Gasteiger partial charge in [-0.2, -0.15) is 0 Å². The van der Waals surface area contributed by atoms with Gasteiger partial charge in [-0.3, -0.25) is 9.80 Å². The van der Waals surface area contributed by atoms with E-state index in [-0.39, 0.29) is 12.0 Å². The molecule has 2 bridgehead atoms. The number of para-hydroxylation sites is 1. The third-order valence-electron chi connectivity index (χ3n) is 8.06. The number of anilines is 1. The third-order valence-corrected chi connectivity index (χ3v) is 8.06. The molecule has 2 aromatic rings. The van der Waals surface area contributed by atoms with Crippen LogP contribution in [-0.2, 0) is 9.53 Å². The fraction of sp³-hybridized carbons (Fsp3) is 0.423. The number of nitrogens with zero attached hydrogens (tertiary/aromatic N) is 5. The van der Waals surface area contributed by atoms with Crippen molar-refractivity contribution in [1.82, 2.24) is 35.8 Å². The van der Waals surface area contributed by atoms with E-state index >= 15 is 0 Å². The standard InChI is InChI=1S/C26H29N9O3/c36-26(29-19-3-1-2-18-24(19)37-7-6-35-25(18)30-31-32-35)20-9-22(33-12-21(28-14-33)15-4-5-15)23(10-27-20)34-11-17-8-16(34)13-38-17/h1-3,9,12,14-17,27,31-32H,4-8,10-11,13H2,(H,29,36)/t16-,17-/m1/s1. The SMILES string of the molecule is O=C(Nc1cccc2c1OCCN1NNN=C21)C1=CC(n2cnc(C3CC3)c2)=C(N2C[C@H]3C[C@@H]2CO3)CN1. The van der Waals surface area contributed by atoms with Crippen LogP contribution in [0.25, 0.3) is 5.70 Å². The minimum atomic E-state index is -0.224. The van der Waals surface area contributed by atoms with E-state index in [1.54, 1.807) is 0 Å². The number of carbonyl (C=O) groups is 1. The van der Waals surface area contributed by atoms with Gasteiger partial charge in [0.2, 0.25) is 0 Å². The number of amidine groups is 1. The predicted molar refractivity (Wildman–Crippen MR) is 138 cm³/mol. The Morgan fingerprint density at radius 3 is 3.03 bits per heavy atom. The second-order valence-corrected chi connectivity index (χ2v) is 10.5. The number of fused-ring (bicyclic) bond motifs is 5. The van der Waals surface area contributed by atoms with Gasteiger partial charge >= 0.3 is 0 Å². The maximum Gasteiger partial charge on any atom is 0.271 e. The molecule has 6 heterocycles. The van der Waals surface area contributed by atoms with Crippen molar-refractivity contribution in [2.24, 2.45) is 5.10 Å². The highest BCUT2D eigenvalue weighted by Gasteiger charge is 2.41. The summed E-state index contributed by atoms with van der Waals surface area (Å²) in [4.78, 5) is 20.7. The van der Waals surface area contributed by atoms with Gasteiger partial charge < -0.3 is 29.6 Å². The first kappa shape index (κ1) is 22.0. The number of amides is 1. The molecule has 1 aliphatic carbocycles. The lowest BCUT2D eigenvalue weighted by atomic mass is 10.1. The van der Waals surface area contributed by atoms with Crippen LogP contribution in [0.1, 0.15) is 36.4 Å². The number of imidazole rings is 1. The molecule has 2 saturated heterocycles. The highest BCUT2D eigenvalue weighted by atomic mass is 16.5. The molecule has 2 atom stereocenters. The van der Waals surface area contributed by atoms with Gasteiger partial charge in [0.25, 0.3) is 5.91 Å². The smallest absolute Gasteiger partial charge is 0.271 e. The highest BCUT2D eigenvalue weighted by Crippen LogP contribution is 2.40. The van der Waals surface area contributed by atoms with Crippen molar-refractivity contribution in [3.05, 3.63) is 59.5 Å². The Kier molecular flexibility index (Phi) is 4.92. The van der Waals surface area contributed by atoms with Crippen LogP contribution in [0, 0.1) is 0 Å². The highest BCUT2D eigenvalue weighted by molar-refractivity contribution is 6.08. The fourth-order valence-electron chi connectivity index (χ4n) is 5.96.